The van der Waals surface area contributed by atoms with Gasteiger partial charge in [-0.05, 0) is 104 Å². The molecule has 2 fully saturated rings. The highest BCUT2D eigenvalue weighted by atomic mass is 16.3. The van der Waals surface area contributed by atoms with Crippen molar-refractivity contribution in [2.45, 2.75) is 118 Å². The van der Waals surface area contributed by atoms with Crippen LogP contribution in [0.5, 0.6) is 0 Å². The summed E-state index contributed by atoms with van der Waals surface area (Å²) in [5.41, 5.74) is 4.75. The molecule has 0 amide bonds. The van der Waals surface area contributed by atoms with Crippen LogP contribution in [0.25, 0.3) is 0 Å². The maximum Gasteiger partial charge on any atom is 0.0543 e. The maximum atomic E-state index is 10.3. The molecule has 1 nitrogen and oxygen atoms in total. The van der Waals surface area contributed by atoms with Crippen LogP contribution < -0.4 is 0 Å². The van der Waals surface area contributed by atoms with Crippen LogP contribution in [-0.2, 0) is 0 Å². The van der Waals surface area contributed by atoms with Crippen LogP contribution in [0.2, 0.25) is 0 Å². The molecule has 8 atom stereocenters. The second-order valence-corrected chi connectivity index (χ2v) is 12.6. The van der Waals surface area contributed by atoms with E-state index < -0.39 is 0 Å². The minimum atomic E-state index is -0.0333. The first-order valence-electron chi connectivity index (χ1n) is 13.1. The van der Waals surface area contributed by atoms with Gasteiger partial charge in [0.15, 0.2) is 0 Å². The van der Waals surface area contributed by atoms with E-state index in [2.05, 4.69) is 41.5 Å². The smallest absolute Gasteiger partial charge is 0.0543 e. The zero-order valence-electron chi connectivity index (χ0n) is 20.3. The van der Waals surface area contributed by atoms with Crippen LogP contribution in [-0.4, -0.2) is 11.2 Å². The summed E-state index contributed by atoms with van der Waals surface area (Å²) in [5, 5.41) is 10.3. The van der Waals surface area contributed by atoms with Gasteiger partial charge in [-0.25, -0.2) is 0 Å². The number of hydrogen-bond acceptors (Lipinski definition) is 1. The molecule has 0 radical (unpaired) electrons. The molecule has 2 saturated carbocycles. The van der Waals surface area contributed by atoms with Crippen molar-refractivity contribution >= 4 is 0 Å². The van der Waals surface area contributed by atoms with Gasteiger partial charge in [-0.15, -0.1) is 0 Å². The quantitative estimate of drug-likeness (QED) is 0.467. The molecule has 29 heavy (non-hydrogen) atoms. The Kier molecular flexibility index (Phi) is 6.04. The second-order valence-electron chi connectivity index (χ2n) is 12.6. The predicted octanol–water partition coefficient (Wildman–Crippen LogP) is 7.78. The number of allylic oxidation sites excluding steroid dienone is 2. The molecule has 0 bridgehead atoms. The third kappa shape index (κ3) is 3.66. The Morgan fingerprint density at radius 2 is 1.69 bits per heavy atom. The van der Waals surface area contributed by atoms with E-state index in [0.717, 1.165) is 48.3 Å². The van der Waals surface area contributed by atoms with Gasteiger partial charge in [-0.1, -0.05) is 65.5 Å². The van der Waals surface area contributed by atoms with Crippen molar-refractivity contribution in [3.05, 3.63) is 11.1 Å². The Bertz CT molecular complexity index is 632. The molecule has 0 spiro atoms. The second kappa shape index (κ2) is 7.99. The average Bonchev–Trinajstić information content (AvgIpc) is 3.03. The van der Waals surface area contributed by atoms with Gasteiger partial charge in [0.25, 0.3) is 0 Å². The van der Waals surface area contributed by atoms with Crippen LogP contribution in [0.1, 0.15) is 112 Å². The van der Waals surface area contributed by atoms with Gasteiger partial charge >= 0.3 is 0 Å². The Hall–Kier alpha value is -0.300. The van der Waals surface area contributed by atoms with Crippen molar-refractivity contribution in [3.63, 3.8) is 0 Å². The summed E-state index contributed by atoms with van der Waals surface area (Å²) in [4.78, 5) is 0. The standard InChI is InChI=1S/C28H48O/c1-18(2)19(3)7-8-20(4)24-11-12-25-23-10-9-21-17-22(29)13-15-27(21,5)26(23)14-16-28(24,25)6/h18-22,24-25,29H,7-17H2,1-6H3/t19?,20-,21?,22+,24-,25+,27+,28-/m1/s1. The third-order valence-corrected chi connectivity index (χ3v) is 10.9. The zero-order chi connectivity index (χ0) is 21.0. The van der Waals surface area contributed by atoms with E-state index in [1.165, 1.54) is 57.8 Å². The van der Waals surface area contributed by atoms with E-state index in [1.807, 2.05) is 11.1 Å². The highest BCUT2D eigenvalue weighted by molar-refractivity contribution is 5.34. The number of fused-ring (bicyclic) bond motifs is 4. The normalized spacial score (nSPS) is 44.3. The minimum Gasteiger partial charge on any atom is -0.393 e. The first kappa shape index (κ1) is 21.9. The van der Waals surface area contributed by atoms with Crippen molar-refractivity contribution in [2.24, 2.45) is 46.3 Å². The lowest BCUT2D eigenvalue weighted by molar-refractivity contribution is 0.0131. The molecule has 2 unspecified atom stereocenters. The van der Waals surface area contributed by atoms with Gasteiger partial charge < -0.3 is 5.11 Å². The van der Waals surface area contributed by atoms with Crippen molar-refractivity contribution in [3.8, 4) is 0 Å². The highest BCUT2D eigenvalue weighted by Crippen LogP contribution is 2.66. The number of rotatable bonds is 5. The number of aliphatic hydroxyl groups excluding tert-OH is 1. The largest absolute Gasteiger partial charge is 0.393 e. The fraction of sp³-hybridized carbons (Fsp3) is 0.929. The van der Waals surface area contributed by atoms with Gasteiger partial charge in [-0.3, -0.25) is 0 Å². The molecule has 1 heteroatoms. The monoisotopic (exact) mass is 400 g/mol. The minimum absolute atomic E-state index is 0.0333. The Labute approximate surface area is 181 Å². The van der Waals surface area contributed by atoms with E-state index in [-0.39, 0.29) is 6.10 Å². The van der Waals surface area contributed by atoms with Crippen molar-refractivity contribution in [2.75, 3.05) is 0 Å². The lowest BCUT2D eigenvalue weighted by atomic mass is 9.50. The fourth-order valence-electron chi connectivity index (χ4n) is 8.47. The van der Waals surface area contributed by atoms with E-state index in [1.54, 1.807) is 0 Å². The molecule has 4 aliphatic rings. The lowest BCUT2D eigenvalue weighted by Gasteiger charge is -2.55. The molecule has 4 rings (SSSR count). The van der Waals surface area contributed by atoms with Crippen molar-refractivity contribution in [1.29, 1.82) is 0 Å². The molecule has 0 aromatic carbocycles. The SMILES string of the molecule is CC(C)C(C)CC[C@@H](C)[C@H]1CC[C@H]2C3=C(CC[C@]12C)[C@@]1(C)CC[C@H](O)CC1CC3. The van der Waals surface area contributed by atoms with Crippen LogP contribution in [0.15, 0.2) is 11.1 Å². The van der Waals surface area contributed by atoms with Gasteiger partial charge in [-0.2, -0.15) is 0 Å². The molecule has 1 N–H and O–H groups in total. The highest BCUT2D eigenvalue weighted by Gasteiger charge is 2.55. The maximum absolute atomic E-state index is 10.3. The van der Waals surface area contributed by atoms with Gasteiger partial charge in [0.05, 0.1) is 6.10 Å². The van der Waals surface area contributed by atoms with Crippen LogP contribution >= 0.6 is 0 Å². The topological polar surface area (TPSA) is 20.2 Å². The van der Waals surface area contributed by atoms with E-state index in [4.69, 9.17) is 0 Å². The molecular weight excluding hydrogens is 352 g/mol. The van der Waals surface area contributed by atoms with Crippen molar-refractivity contribution in [1.82, 2.24) is 0 Å². The van der Waals surface area contributed by atoms with E-state index in [0.29, 0.717) is 10.8 Å². The first-order valence-corrected chi connectivity index (χ1v) is 13.1. The van der Waals surface area contributed by atoms with Crippen molar-refractivity contribution < 1.29 is 5.11 Å². The molecule has 0 heterocycles. The summed E-state index contributed by atoms with van der Waals surface area (Å²) >= 11 is 0. The summed E-state index contributed by atoms with van der Waals surface area (Å²) in [7, 11) is 0. The summed E-state index contributed by atoms with van der Waals surface area (Å²) in [5.74, 6) is 5.10. The summed E-state index contributed by atoms with van der Waals surface area (Å²) in [6.45, 7) is 15.1. The molecular formula is C28H48O. The first-order chi connectivity index (χ1) is 13.7. The van der Waals surface area contributed by atoms with E-state index in [9.17, 15) is 5.11 Å². The molecule has 0 saturated heterocycles. The number of hydrogen-bond donors (Lipinski definition) is 1. The van der Waals surface area contributed by atoms with Gasteiger partial charge in [0.1, 0.15) is 0 Å². The van der Waals surface area contributed by atoms with Crippen LogP contribution in [0.3, 0.4) is 0 Å². The zero-order valence-corrected chi connectivity index (χ0v) is 20.3. The summed E-state index contributed by atoms with van der Waals surface area (Å²) in [6.07, 6.45) is 14.5. The molecule has 166 valence electrons. The van der Waals surface area contributed by atoms with Gasteiger partial charge in [0.2, 0.25) is 0 Å². The fourth-order valence-corrected chi connectivity index (χ4v) is 8.47. The van der Waals surface area contributed by atoms with E-state index >= 15 is 0 Å². The summed E-state index contributed by atoms with van der Waals surface area (Å²) < 4.78 is 0. The van der Waals surface area contributed by atoms with Gasteiger partial charge in [0, 0.05) is 0 Å². The van der Waals surface area contributed by atoms with Crippen LogP contribution in [0.4, 0.5) is 0 Å². The predicted molar refractivity (Wildman–Crippen MR) is 124 cm³/mol. The van der Waals surface area contributed by atoms with Crippen LogP contribution in [0, 0.1) is 46.3 Å². The Morgan fingerprint density at radius 1 is 0.931 bits per heavy atom. The lowest BCUT2D eigenvalue weighted by Crippen LogP contribution is -2.45. The average molecular weight is 401 g/mol. The summed E-state index contributed by atoms with van der Waals surface area (Å²) in [6, 6.07) is 0. The number of aliphatic hydroxyl groups is 1. The molecule has 0 aromatic heterocycles. The third-order valence-electron chi connectivity index (χ3n) is 10.9. The molecule has 0 aliphatic heterocycles. The molecule has 0 aromatic rings. The Morgan fingerprint density at radius 3 is 2.41 bits per heavy atom. The Balaban J connectivity index is 1.52. The molecule has 4 aliphatic carbocycles.